The molecule has 138 valence electrons. The number of nitrogens with one attached hydrogen (secondary N) is 1. The molecule has 0 heterocycles. The van der Waals surface area contributed by atoms with Gasteiger partial charge in [0, 0.05) is 5.56 Å². The second-order valence-electron chi connectivity index (χ2n) is 6.02. The van der Waals surface area contributed by atoms with Gasteiger partial charge < -0.3 is 4.74 Å². The van der Waals surface area contributed by atoms with Gasteiger partial charge in [-0.1, -0.05) is 42.0 Å². The van der Waals surface area contributed by atoms with Crippen molar-refractivity contribution in [1.82, 2.24) is 4.72 Å². The van der Waals surface area contributed by atoms with Crippen molar-refractivity contribution in [1.29, 1.82) is 0 Å². The number of esters is 1. The molecular weight excluding hydrogens is 354 g/mol. The smallest absolute Gasteiger partial charge is 0.324 e. The first kappa shape index (κ1) is 19.8. The third kappa shape index (κ3) is 5.24. The fraction of sp³-hybridized carbons (Fsp3) is 0.263. The molecule has 0 saturated carbocycles. The molecule has 2 aromatic rings. The van der Waals surface area contributed by atoms with Crippen LogP contribution in [0.3, 0.4) is 0 Å². The first-order valence-electron chi connectivity index (χ1n) is 8.04. The Labute approximate surface area is 153 Å². The maximum Gasteiger partial charge on any atom is 0.324 e. The van der Waals surface area contributed by atoms with Crippen LogP contribution in [0.15, 0.2) is 53.4 Å². The Balaban J connectivity index is 1.97. The van der Waals surface area contributed by atoms with Gasteiger partial charge in [0.25, 0.3) is 0 Å². The van der Waals surface area contributed by atoms with Crippen molar-refractivity contribution in [2.75, 3.05) is 0 Å². The van der Waals surface area contributed by atoms with Crippen LogP contribution in [0, 0.1) is 6.92 Å². The number of benzene rings is 2. The van der Waals surface area contributed by atoms with Crippen molar-refractivity contribution in [2.24, 2.45) is 0 Å². The van der Waals surface area contributed by atoms with Crippen LogP contribution in [0.1, 0.15) is 35.3 Å². The SMILES string of the molecule is CC(=O)c1ccc(S(=O)(=O)N[C@@H](C)C(=O)OCc2ccc(C)cc2)cc1. The van der Waals surface area contributed by atoms with E-state index in [-0.39, 0.29) is 17.3 Å². The zero-order chi connectivity index (χ0) is 19.3. The normalized spacial score (nSPS) is 12.4. The minimum absolute atomic E-state index is 0.0271. The number of carbonyl (C=O) groups is 2. The van der Waals surface area contributed by atoms with Crippen molar-refractivity contribution in [2.45, 2.75) is 38.3 Å². The summed E-state index contributed by atoms with van der Waals surface area (Å²) in [6.07, 6.45) is 0. The number of carbonyl (C=O) groups excluding carboxylic acids is 2. The molecule has 0 bridgehead atoms. The lowest BCUT2D eigenvalue weighted by atomic mass is 10.2. The second kappa shape index (κ2) is 8.25. The maximum absolute atomic E-state index is 12.3. The average Bonchev–Trinajstić information content (AvgIpc) is 2.60. The van der Waals surface area contributed by atoms with Gasteiger partial charge in [0.15, 0.2) is 5.78 Å². The predicted octanol–water partition coefficient (Wildman–Crippen LogP) is 2.61. The zero-order valence-corrected chi connectivity index (χ0v) is 15.7. The van der Waals surface area contributed by atoms with Crippen molar-refractivity contribution in [3.63, 3.8) is 0 Å². The van der Waals surface area contributed by atoms with Crippen LogP contribution in [-0.2, 0) is 26.2 Å². The van der Waals surface area contributed by atoms with Crippen molar-refractivity contribution in [3.05, 3.63) is 65.2 Å². The van der Waals surface area contributed by atoms with Gasteiger partial charge in [0.1, 0.15) is 12.6 Å². The van der Waals surface area contributed by atoms with E-state index in [1.807, 2.05) is 31.2 Å². The molecule has 0 fully saturated rings. The van der Waals surface area contributed by atoms with E-state index in [2.05, 4.69) is 4.72 Å². The fourth-order valence-electron chi connectivity index (χ4n) is 2.18. The van der Waals surface area contributed by atoms with Crippen LogP contribution in [0.25, 0.3) is 0 Å². The van der Waals surface area contributed by atoms with Crippen LogP contribution in [0.2, 0.25) is 0 Å². The van der Waals surface area contributed by atoms with E-state index in [9.17, 15) is 18.0 Å². The molecule has 0 aromatic heterocycles. The summed E-state index contributed by atoms with van der Waals surface area (Å²) in [5, 5.41) is 0. The molecule has 0 radical (unpaired) electrons. The lowest BCUT2D eigenvalue weighted by molar-refractivity contribution is -0.146. The number of aryl methyl sites for hydroxylation is 1. The summed E-state index contributed by atoms with van der Waals surface area (Å²) in [6.45, 7) is 4.83. The largest absolute Gasteiger partial charge is 0.460 e. The fourth-order valence-corrected chi connectivity index (χ4v) is 3.37. The van der Waals surface area contributed by atoms with Gasteiger partial charge in [0.05, 0.1) is 4.90 Å². The highest BCUT2D eigenvalue weighted by Gasteiger charge is 2.23. The molecule has 0 aliphatic heterocycles. The Morgan fingerprint density at radius 1 is 1.04 bits per heavy atom. The summed E-state index contributed by atoms with van der Waals surface area (Å²) < 4.78 is 32.1. The Bertz CT molecular complexity index is 887. The summed E-state index contributed by atoms with van der Waals surface area (Å²) in [7, 11) is -3.90. The highest BCUT2D eigenvalue weighted by atomic mass is 32.2. The van der Waals surface area contributed by atoms with E-state index in [1.54, 1.807) is 0 Å². The van der Waals surface area contributed by atoms with Crippen molar-refractivity contribution >= 4 is 21.8 Å². The molecule has 6 nitrogen and oxygen atoms in total. The number of rotatable bonds is 7. The number of hydrogen-bond donors (Lipinski definition) is 1. The number of sulfonamides is 1. The number of ketones is 1. The minimum Gasteiger partial charge on any atom is -0.460 e. The lowest BCUT2D eigenvalue weighted by Crippen LogP contribution is -2.39. The van der Waals surface area contributed by atoms with Gasteiger partial charge >= 0.3 is 5.97 Å². The molecule has 1 N–H and O–H groups in total. The monoisotopic (exact) mass is 375 g/mol. The third-order valence-corrected chi connectivity index (χ3v) is 5.31. The second-order valence-corrected chi connectivity index (χ2v) is 7.73. The standard InChI is InChI=1S/C19H21NO5S/c1-13-4-6-16(7-5-13)12-25-19(22)14(2)20-26(23,24)18-10-8-17(9-11-18)15(3)21/h4-11,14,20H,12H2,1-3H3/t14-/m0/s1. The molecule has 1 atom stereocenters. The van der Waals surface area contributed by atoms with Gasteiger partial charge in [-0.15, -0.1) is 0 Å². The first-order valence-corrected chi connectivity index (χ1v) is 9.53. The molecule has 0 unspecified atom stereocenters. The van der Waals surface area contributed by atoms with E-state index >= 15 is 0 Å². The summed E-state index contributed by atoms with van der Waals surface area (Å²) in [4.78, 5) is 23.3. The Kier molecular flexibility index (Phi) is 6.28. The maximum atomic E-state index is 12.3. The highest BCUT2D eigenvalue weighted by molar-refractivity contribution is 7.89. The number of Topliss-reactive ketones (excluding diaryl/α,β-unsaturated/α-hetero) is 1. The summed E-state index contributed by atoms with van der Waals surface area (Å²) in [6, 6.07) is 11.9. The average molecular weight is 375 g/mol. The molecule has 7 heteroatoms. The van der Waals surface area contributed by atoms with Crippen molar-refractivity contribution in [3.8, 4) is 0 Å². The minimum atomic E-state index is -3.90. The van der Waals surface area contributed by atoms with Gasteiger partial charge in [-0.2, -0.15) is 4.72 Å². The third-order valence-electron chi connectivity index (χ3n) is 3.76. The van der Waals surface area contributed by atoms with Crippen LogP contribution in [0.4, 0.5) is 0 Å². The van der Waals surface area contributed by atoms with E-state index in [0.717, 1.165) is 11.1 Å². The molecule has 2 rings (SSSR count). The highest BCUT2D eigenvalue weighted by Crippen LogP contribution is 2.12. The quantitative estimate of drug-likeness (QED) is 0.593. The molecular formula is C19H21NO5S. The van der Waals surface area contributed by atoms with Crippen LogP contribution in [0.5, 0.6) is 0 Å². The number of ether oxygens (including phenoxy) is 1. The Morgan fingerprint density at radius 2 is 1.62 bits per heavy atom. The number of hydrogen-bond acceptors (Lipinski definition) is 5. The molecule has 26 heavy (non-hydrogen) atoms. The van der Waals surface area contributed by atoms with Gasteiger partial charge in [-0.3, -0.25) is 9.59 Å². The Morgan fingerprint density at radius 3 is 2.15 bits per heavy atom. The van der Waals surface area contributed by atoms with Gasteiger partial charge in [0.2, 0.25) is 10.0 Å². The summed E-state index contributed by atoms with van der Waals surface area (Å²) in [5.41, 5.74) is 2.32. The zero-order valence-electron chi connectivity index (χ0n) is 14.9. The summed E-state index contributed by atoms with van der Waals surface area (Å²) in [5.74, 6) is -0.829. The van der Waals surface area contributed by atoms with E-state index < -0.39 is 22.0 Å². The van der Waals surface area contributed by atoms with Crippen LogP contribution < -0.4 is 4.72 Å². The van der Waals surface area contributed by atoms with E-state index in [1.165, 1.54) is 38.1 Å². The predicted molar refractivity (Wildman–Crippen MR) is 97.2 cm³/mol. The molecule has 2 aromatic carbocycles. The molecule has 0 saturated heterocycles. The van der Waals surface area contributed by atoms with E-state index in [0.29, 0.717) is 5.56 Å². The first-order chi connectivity index (χ1) is 12.2. The van der Waals surface area contributed by atoms with E-state index in [4.69, 9.17) is 4.74 Å². The van der Waals surface area contributed by atoms with Crippen LogP contribution >= 0.6 is 0 Å². The summed E-state index contributed by atoms with van der Waals surface area (Å²) >= 11 is 0. The topological polar surface area (TPSA) is 89.5 Å². The van der Waals surface area contributed by atoms with Crippen molar-refractivity contribution < 1.29 is 22.7 Å². The molecule has 0 aliphatic carbocycles. The lowest BCUT2D eigenvalue weighted by Gasteiger charge is -2.14. The van der Waals surface area contributed by atoms with Gasteiger partial charge in [-0.25, -0.2) is 8.42 Å². The Hall–Kier alpha value is -2.51. The molecule has 0 spiro atoms. The molecule has 0 aliphatic rings. The van der Waals surface area contributed by atoms with Crippen LogP contribution in [-0.4, -0.2) is 26.2 Å². The van der Waals surface area contributed by atoms with Gasteiger partial charge in [-0.05, 0) is 38.5 Å². The molecule has 0 amide bonds.